The Morgan fingerprint density at radius 1 is 1.39 bits per heavy atom. The monoisotopic (exact) mass is 323 g/mol. The molecule has 0 radical (unpaired) electrons. The molecule has 0 bridgehead atoms. The maximum Gasteiger partial charge on any atom is 0.119 e. The fourth-order valence-corrected chi connectivity index (χ4v) is 2.60. The Bertz CT molecular complexity index is 466. The van der Waals surface area contributed by atoms with E-state index in [9.17, 15) is 5.11 Å². The summed E-state index contributed by atoms with van der Waals surface area (Å²) in [5, 5.41) is 10.0. The van der Waals surface area contributed by atoms with Gasteiger partial charge in [-0.3, -0.25) is 4.90 Å². The van der Waals surface area contributed by atoms with Crippen molar-refractivity contribution in [3.63, 3.8) is 0 Å². The second-order valence-corrected chi connectivity index (χ2v) is 6.42. The molecule has 2 rings (SSSR count). The molecular weight excluding hydrogens is 294 g/mol. The minimum atomic E-state index is -0.464. The molecule has 1 aliphatic heterocycles. The van der Waals surface area contributed by atoms with E-state index in [1.807, 2.05) is 45.0 Å². The lowest BCUT2D eigenvalue weighted by Crippen LogP contribution is -2.48. The molecule has 5 heteroatoms. The van der Waals surface area contributed by atoms with Crippen LogP contribution in [0.3, 0.4) is 0 Å². The number of aryl methyl sites for hydroxylation is 1. The van der Waals surface area contributed by atoms with Crippen molar-refractivity contribution in [2.75, 3.05) is 39.5 Å². The van der Waals surface area contributed by atoms with Gasteiger partial charge in [0.15, 0.2) is 0 Å². The molecule has 1 heterocycles. The Kier molecular flexibility index (Phi) is 7.30. The maximum absolute atomic E-state index is 10.0. The number of nitrogens with zero attached hydrogens (tertiary/aromatic N) is 1. The fraction of sp³-hybridized carbons (Fsp3) is 0.667. The van der Waals surface area contributed by atoms with E-state index >= 15 is 0 Å². The predicted molar refractivity (Wildman–Crippen MR) is 89.9 cm³/mol. The summed E-state index contributed by atoms with van der Waals surface area (Å²) in [6.45, 7) is 9.77. The zero-order chi connectivity index (χ0) is 16.7. The molecule has 1 fully saturated rings. The number of benzene rings is 1. The zero-order valence-corrected chi connectivity index (χ0v) is 14.4. The molecule has 130 valence electrons. The van der Waals surface area contributed by atoms with Gasteiger partial charge in [0.1, 0.15) is 18.5 Å². The maximum atomic E-state index is 10.0. The van der Waals surface area contributed by atoms with Gasteiger partial charge < -0.3 is 19.3 Å². The summed E-state index contributed by atoms with van der Waals surface area (Å²) in [7, 11) is 0. The highest BCUT2D eigenvalue weighted by Crippen LogP contribution is 2.14. The van der Waals surface area contributed by atoms with Crippen LogP contribution in [0.1, 0.15) is 19.4 Å². The van der Waals surface area contributed by atoms with Crippen LogP contribution in [0.5, 0.6) is 5.75 Å². The van der Waals surface area contributed by atoms with Crippen LogP contribution >= 0.6 is 0 Å². The fourth-order valence-electron chi connectivity index (χ4n) is 2.60. The molecule has 0 aromatic heterocycles. The van der Waals surface area contributed by atoms with Gasteiger partial charge in [0.05, 0.1) is 25.4 Å². The molecule has 0 spiro atoms. The van der Waals surface area contributed by atoms with E-state index in [0.29, 0.717) is 26.4 Å². The van der Waals surface area contributed by atoms with Crippen LogP contribution in [0.2, 0.25) is 0 Å². The number of morpholine rings is 1. The van der Waals surface area contributed by atoms with Gasteiger partial charge in [-0.25, -0.2) is 0 Å². The van der Waals surface area contributed by atoms with E-state index in [-0.39, 0.29) is 12.2 Å². The average Bonchev–Trinajstić information content (AvgIpc) is 2.51. The zero-order valence-electron chi connectivity index (χ0n) is 14.4. The van der Waals surface area contributed by atoms with Gasteiger partial charge in [-0.05, 0) is 38.5 Å². The number of aliphatic hydroxyl groups excluding tert-OH is 1. The highest BCUT2D eigenvalue weighted by molar-refractivity contribution is 5.27. The molecule has 0 aliphatic carbocycles. The number of ether oxygens (including phenoxy) is 3. The minimum absolute atomic E-state index is 0.0301. The largest absolute Gasteiger partial charge is 0.491 e. The van der Waals surface area contributed by atoms with E-state index in [1.54, 1.807) is 0 Å². The Labute approximate surface area is 139 Å². The van der Waals surface area contributed by atoms with Crippen LogP contribution in [-0.4, -0.2) is 67.8 Å². The quantitative estimate of drug-likeness (QED) is 0.791. The smallest absolute Gasteiger partial charge is 0.119 e. The van der Waals surface area contributed by atoms with Crippen molar-refractivity contribution < 1.29 is 19.3 Å². The molecular formula is C18H29NO4. The summed E-state index contributed by atoms with van der Waals surface area (Å²) in [5.74, 6) is 0.871. The van der Waals surface area contributed by atoms with Crippen LogP contribution in [0.15, 0.2) is 24.3 Å². The van der Waals surface area contributed by atoms with Crippen molar-refractivity contribution in [1.82, 2.24) is 4.90 Å². The van der Waals surface area contributed by atoms with Crippen LogP contribution in [0.4, 0.5) is 0 Å². The Morgan fingerprint density at radius 2 is 2.22 bits per heavy atom. The lowest BCUT2D eigenvalue weighted by molar-refractivity contribution is -0.0679. The van der Waals surface area contributed by atoms with Gasteiger partial charge in [0.25, 0.3) is 0 Å². The first-order chi connectivity index (χ1) is 11.0. The average molecular weight is 323 g/mol. The summed E-state index contributed by atoms with van der Waals surface area (Å²) >= 11 is 0. The highest BCUT2D eigenvalue weighted by atomic mass is 16.5. The van der Waals surface area contributed by atoms with Gasteiger partial charge in [0, 0.05) is 19.6 Å². The van der Waals surface area contributed by atoms with E-state index in [4.69, 9.17) is 14.2 Å². The third-order valence-electron chi connectivity index (χ3n) is 3.74. The Morgan fingerprint density at radius 3 is 2.96 bits per heavy atom. The summed E-state index contributed by atoms with van der Waals surface area (Å²) in [6.07, 6.45) is -0.291. The second kappa shape index (κ2) is 9.23. The summed E-state index contributed by atoms with van der Waals surface area (Å²) < 4.78 is 17.0. The topological polar surface area (TPSA) is 51.2 Å². The van der Waals surface area contributed by atoms with Crippen LogP contribution in [0.25, 0.3) is 0 Å². The van der Waals surface area contributed by atoms with Gasteiger partial charge in [-0.15, -0.1) is 0 Å². The molecule has 0 saturated carbocycles. The standard InChI is InChI=1S/C18H29NO4/c1-14(2)22-12-16(20)10-19-7-8-21-18(11-19)13-23-17-6-4-5-15(3)9-17/h4-6,9,14,16,18,20H,7-8,10-13H2,1-3H3. The van der Waals surface area contributed by atoms with E-state index in [0.717, 1.165) is 18.8 Å². The predicted octanol–water partition coefficient (Wildman–Crippen LogP) is 1.86. The first-order valence-corrected chi connectivity index (χ1v) is 8.36. The van der Waals surface area contributed by atoms with Crippen molar-refractivity contribution in [2.45, 2.75) is 39.1 Å². The van der Waals surface area contributed by atoms with Crippen molar-refractivity contribution in [3.05, 3.63) is 29.8 Å². The van der Waals surface area contributed by atoms with Crippen LogP contribution < -0.4 is 4.74 Å². The lowest BCUT2D eigenvalue weighted by Gasteiger charge is -2.34. The van der Waals surface area contributed by atoms with E-state index < -0.39 is 6.10 Å². The number of hydrogen-bond donors (Lipinski definition) is 1. The van der Waals surface area contributed by atoms with Gasteiger partial charge in [-0.2, -0.15) is 0 Å². The number of rotatable bonds is 8. The molecule has 1 aromatic rings. The number of aliphatic hydroxyl groups is 1. The first-order valence-electron chi connectivity index (χ1n) is 8.36. The summed E-state index contributed by atoms with van der Waals surface area (Å²) in [5.41, 5.74) is 1.18. The van der Waals surface area contributed by atoms with Gasteiger partial charge >= 0.3 is 0 Å². The summed E-state index contributed by atoms with van der Waals surface area (Å²) in [4.78, 5) is 2.21. The molecule has 5 nitrogen and oxygen atoms in total. The molecule has 0 amide bonds. The van der Waals surface area contributed by atoms with Gasteiger partial charge in [-0.1, -0.05) is 12.1 Å². The molecule has 2 atom stereocenters. The molecule has 23 heavy (non-hydrogen) atoms. The molecule has 1 saturated heterocycles. The van der Waals surface area contributed by atoms with Crippen molar-refractivity contribution in [2.24, 2.45) is 0 Å². The summed E-state index contributed by atoms with van der Waals surface area (Å²) in [6, 6.07) is 8.02. The number of hydrogen-bond acceptors (Lipinski definition) is 5. The molecule has 1 aromatic carbocycles. The molecule has 2 unspecified atom stereocenters. The van der Waals surface area contributed by atoms with Gasteiger partial charge in [0.2, 0.25) is 0 Å². The van der Waals surface area contributed by atoms with E-state index in [1.165, 1.54) is 5.56 Å². The Balaban J connectivity index is 1.72. The first kappa shape index (κ1) is 18.2. The Hall–Kier alpha value is -1.14. The minimum Gasteiger partial charge on any atom is -0.491 e. The number of β-amino-alcohol motifs (C(OH)–C–C–N with tert-alkyl or cyclic N) is 1. The lowest BCUT2D eigenvalue weighted by atomic mass is 10.2. The van der Waals surface area contributed by atoms with Crippen LogP contribution in [0, 0.1) is 6.92 Å². The normalized spacial score (nSPS) is 20.7. The van der Waals surface area contributed by atoms with Crippen molar-refractivity contribution in [3.8, 4) is 5.75 Å². The second-order valence-electron chi connectivity index (χ2n) is 6.42. The van der Waals surface area contributed by atoms with Crippen molar-refractivity contribution >= 4 is 0 Å². The van der Waals surface area contributed by atoms with Crippen LogP contribution in [-0.2, 0) is 9.47 Å². The van der Waals surface area contributed by atoms with Crippen molar-refractivity contribution in [1.29, 1.82) is 0 Å². The SMILES string of the molecule is Cc1cccc(OCC2CN(CC(O)COC(C)C)CCO2)c1. The molecule has 1 aliphatic rings. The molecule has 1 N–H and O–H groups in total. The van der Waals surface area contributed by atoms with E-state index in [2.05, 4.69) is 4.90 Å². The highest BCUT2D eigenvalue weighted by Gasteiger charge is 2.23. The third-order valence-corrected chi connectivity index (χ3v) is 3.74. The third kappa shape index (κ3) is 6.87.